The molecule has 1 amide bonds. The quantitative estimate of drug-likeness (QED) is 0.786. The summed E-state index contributed by atoms with van der Waals surface area (Å²) in [4.78, 5) is 12.0. The van der Waals surface area contributed by atoms with E-state index in [1.54, 1.807) is 6.20 Å². The highest BCUT2D eigenvalue weighted by atomic mass is 16.5. The number of ether oxygens (including phenoxy) is 1. The lowest BCUT2D eigenvalue weighted by Gasteiger charge is -2.34. The van der Waals surface area contributed by atoms with Crippen molar-refractivity contribution in [1.29, 1.82) is 0 Å². The van der Waals surface area contributed by atoms with Crippen LogP contribution in [0.25, 0.3) is 0 Å². The normalized spacial score (nSPS) is 19.4. The predicted octanol–water partition coefficient (Wildman–Crippen LogP) is 1.02. The lowest BCUT2D eigenvalue weighted by Crippen LogP contribution is -2.49. The number of hydrogen-bond donors (Lipinski definition) is 2. The van der Waals surface area contributed by atoms with E-state index in [4.69, 9.17) is 4.74 Å². The van der Waals surface area contributed by atoms with Crippen molar-refractivity contribution in [2.45, 2.75) is 32.2 Å². The summed E-state index contributed by atoms with van der Waals surface area (Å²) in [6.07, 6.45) is 3.28. The van der Waals surface area contributed by atoms with E-state index in [9.17, 15) is 4.79 Å². The molecule has 0 bridgehead atoms. The van der Waals surface area contributed by atoms with Gasteiger partial charge in [-0.1, -0.05) is 0 Å². The van der Waals surface area contributed by atoms with Crippen LogP contribution in [-0.2, 0) is 4.74 Å². The number of rotatable bonds is 2. The zero-order valence-electron chi connectivity index (χ0n) is 9.67. The van der Waals surface area contributed by atoms with Gasteiger partial charge in [0.25, 0.3) is 5.91 Å². The van der Waals surface area contributed by atoms with E-state index in [0.29, 0.717) is 18.8 Å². The van der Waals surface area contributed by atoms with Crippen LogP contribution in [0, 0.1) is 6.92 Å². The number of nitrogens with one attached hydrogen (secondary N) is 2. The Kier molecular flexibility index (Phi) is 2.96. The highest BCUT2D eigenvalue weighted by Gasteiger charge is 2.29. The number of aromatic nitrogens is 2. The van der Waals surface area contributed by atoms with Gasteiger partial charge >= 0.3 is 0 Å². The van der Waals surface area contributed by atoms with Crippen molar-refractivity contribution in [2.24, 2.45) is 0 Å². The molecule has 0 saturated carbocycles. The van der Waals surface area contributed by atoms with Crippen molar-refractivity contribution < 1.29 is 9.53 Å². The van der Waals surface area contributed by atoms with Crippen molar-refractivity contribution in [3.8, 4) is 0 Å². The zero-order valence-corrected chi connectivity index (χ0v) is 9.67. The van der Waals surface area contributed by atoms with E-state index in [2.05, 4.69) is 22.4 Å². The molecule has 2 rings (SSSR count). The molecule has 1 saturated heterocycles. The molecule has 16 heavy (non-hydrogen) atoms. The molecule has 5 nitrogen and oxygen atoms in total. The van der Waals surface area contributed by atoms with Gasteiger partial charge in [-0.05, 0) is 26.7 Å². The second-order valence-corrected chi connectivity index (χ2v) is 4.54. The first-order valence-electron chi connectivity index (χ1n) is 5.51. The maximum absolute atomic E-state index is 12.0. The van der Waals surface area contributed by atoms with Crippen molar-refractivity contribution in [1.82, 2.24) is 15.5 Å². The van der Waals surface area contributed by atoms with Crippen LogP contribution in [0.3, 0.4) is 0 Å². The molecular formula is C11H17N3O2. The molecule has 1 aromatic rings. The summed E-state index contributed by atoms with van der Waals surface area (Å²) >= 11 is 0. The first kappa shape index (κ1) is 11.1. The average Bonchev–Trinajstić information content (AvgIpc) is 2.65. The highest BCUT2D eigenvalue weighted by Crippen LogP contribution is 2.20. The summed E-state index contributed by atoms with van der Waals surface area (Å²) in [5.41, 5.74) is 1.26. The van der Waals surface area contributed by atoms with Crippen molar-refractivity contribution in [2.75, 3.05) is 13.2 Å². The fourth-order valence-corrected chi connectivity index (χ4v) is 1.87. The van der Waals surface area contributed by atoms with Crippen LogP contribution >= 0.6 is 0 Å². The number of hydrogen-bond acceptors (Lipinski definition) is 3. The first-order chi connectivity index (χ1) is 7.61. The van der Waals surface area contributed by atoms with E-state index in [0.717, 1.165) is 18.5 Å². The van der Waals surface area contributed by atoms with Gasteiger partial charge < -0.3 is 10.1 Å². The van der Waals surface area contributed by atoms with Crippen LogP contribution in [0.2, 0.25) is 0 Å². The lowest BCUT2D eigenvalue weighted by molar-refractivity contribution is 0.0422. The number of aromatic amines is 1. The van der Waals surface area contributed by atoms with Crippen LogP contribution in [0.15, 0.2) is 6.20 Å². The van der Waals surface area contributed by atoms with Gasteiger partial charge in [-0.2, -0.15) is 5.10 Å². The molecule has 2 heterocycles. The summed E-state index contributed by atoms with van der Waals surface area (Å²) in [7, 11) is 0. The van der Waals surface area contributed by atoms with Gasteiger partial charge in [-0.15, -0.1) is 0 Å². The largest absolute Gasteiger partial charge is 0.381 e. The number of aryl methyl sites for hydroxylation is 1. The Labute approximate surface area is 94.6 Å². The zero-order chi connectivity index (χ0) is 11.6. The summed E-state index contributed by atoms with van der Waals surface area (Å²) in [6, 6.07) is 0. The van der Waals surface area contributed by atoms with Crippen LogP contribution in [-0.4, -0.2) is 34.9 Å². The standard InChI is InChI=1S/C11H17N3O2/c1-8-9(7-12-14-8)10(15)13-11(2)3-5-16-6-4-11/h7H,3-6H2,1-2H3,(H,12,14)(H,13,15). The fraction of sp³-hybridized carbons (Fsp3) is 0.636. The fourth-order valence-electron chi connectivity index (χ4n) is 1.87. The predicted molar refractivity (Wildman–Crippen MR) is 59.2 cm³/mol. The molecule has 0 spiro atoms. The smallest absolute Gasteiger partial charge is 0.255 e. The SMILES string of the molecule is Cc1[nH]ncc1C(=O)NC1(C)CCOCC1. The molecule has 5 heteroatoms. The molecule has 1 aliphatic heterocycles. The second kappa shape index (κ2) is 4.25. The van der Waals surface area contributed by atoms with E-state index in [1.165, 1.54) is 0 Å². The molecule has 0 aromatic carbocycles. The van der Waals surface area contributed by atoms with Gasteiger partial charge in [0, 0.05) is 24.4 Å². The Morgan fingerprint density at radius 2 is 2.25 bits per heavy atom. The Bertz CT molecular complexity index is 380. The molecule has 0 aliphatic carbocycles. The number of H-pyrrole nitrogens is 1. The molecule has 88 valence electrons. The minimum atomic E-state index is -0.154. The molecule has 1 aliphatic rings. The first-order valence-corrected chi connectivity index (χ1v) is 5.51. The van der Waals surface area contributed by atoms with E-state index < -0.39 is 0 Å². The van der Waals surface area contributed by atoms with Crippen molar-refractivity contribution >= 4 is 5.91 Å². The Morgan fingerprint density at radius 3 is 2.81 bits per heavy atom. The van der Waals surface area contributed by atoms with Gasteiger partial charge in [-0.25, -0.2) is 0 Å². The number of nitrogens with zero attached hydrogens (tertiary/aromatic N) is 1. The molecular weight excluding hydrogens is 206 g/mol. The van der Waals surface area contributed by atoms with Gasteiger partial charge in [0.2, 0.25) is 0 Å². The lowest BCUT2D eigenvalue weighted by atomic mass is 9.92. The number of amides is 1. The van der Waals surface area contributed by atoms with Gasteiger partial charge in [0.15, 0.2) is 0 Å². The van der Waals surface area contributed by atoms with Crippen molar-refractivity contribution in [3.63, 3.8) is 0 Å². The Balaban J connectivity index is 2.04. The molecule has 1 aromatic heterocycles. The minimum absolute atomic E-state index is 0.0596. The third-order valence-corrected chi connectivity index (χ3v) is 3.09. The number of carbonyl (C=O) groups is 1. The molecule has 1 fully saturated rings. The second-order valence-electron chi connectivity index (χ2n) is 4.54. The van der Waals surface area contributed by atoms with Crippen LogP contribution < -0.4 is 5.32 Å². The summed E-state index contributed by atoms with van der Waals surface area (Å²) in [6.45, 7) is 5.32. The third kappa shape index (κ3) is 2.24. The van der Waals surface area contributed by atoms with Crippen LogP contribution in [0.5, 0.6) is 0 Å². The maximum Gasteiger partial charge on any atom is 0.255 e. The van der Waals surface area contributed by atoms with Crippen LogP contribution in [0.1, 0.15) is 35.8 Å². The van der Waals surface area contributed by atoms with Gasteiger partial charge in [0.05, 0.1) is 11.8 Å². The van der Waals surface area contributed by atoms with Crippen LogP contribution in [0.4, 0.5) is 0 Å². The van der Waals surface area contributed by atoms with E-state index >= 15 is 0 Å². The average molecular weight is 223 g/mol. The number of carbonyl (C=O) groups excluding carboxylic acids is 1. The Morgan fingerprint density at radius 1 is 1.56 bits per heavy atom. The topological polar surface area (TPSA) is 67.0 Å². The van der Waals surface area contributed by atoms with Gasteiger partial charge in [-0.3, -0.25) is 9.89 Å². The minimum Gasteiger partial charge on any atom is -0.381 e. The maximum atomic E-state index is 12.0. The highest BCUT2D eigenvalue weighted by molar-refractivity contribution is 5.95. The monoisotopic (exact) mass is 223 g/mol. The summed E-state index contributed by atoms with van der Waals surface area (Å²) in [5, 5.41) is 9.67. The third-order valence-electron chi connectivity index (χ3n) is 3.09. The van der Waals surface area contributed by atoms with Gasteiger partial charge in [0.1, 0.15) is 0 Å². The Hall–Kier alpha value is -1.36. The molecule has 0 radical (unpaired) electrons. The van der Waals surface area contributed by atoms with E-state index in [-0.39, 0.29) is 11.4 Å². The summed E-state index contributed by atoms with van der Waals surface area (Å²) in [5.74, 6) is -0.0596. The molecule has 0 atom stereocenters. The van der Waals surface area contributed by atoms with Crippen molar-refractivity contribution in [3.05, 3.63) is 17.5 Å². The summed E-state index contributed by atoms with van der Waals surface area (Å²) < 4.78 is 5.29. The molecule has 0 unspecified atom stereocenters. The molecule has 2 N–H and O–H groups in total. The van der Waals surface area contributed by atoms with E-state index in [1.807, 2.05) is 6.92 Å².